The van der Waals surface area contributed by atoms with E-state index in [0.29, 0.717) is 0 Å². The number of hydrogen-bond donors (Lipinski definition) is 1. The summed E-state index contributed by atoms with van der Waals surface area (Å²) in [5.74, 6) is 2.96. The molecule has 1 N–H and O–H groups in total. The second-order valence-corrected chi connectivity index (χ2v) is 7.65. The fourth-order valence-corrected chi connectivity index (χ4v) is 4.44. The van der Waals surface area contributed by atoms with Gasteiger partial charge in [-0.15, -0.1) is 10.2 Å². The summed E-state index contributed by atoms with van der Waals surface area (Å²) in [5.41, 5.74) is 0.0199. The van der Waals surface area contributed by atoms with Crippen molar-refractivity contribution in [3.8, 4) is 5.75 Å². The normalized spacial score (nSPS) is 22.8. The molecule has 1 aromatic heterocycles. The Labute approximate surface area is 154 Å². The molecule has 0 spiro atoms. The summed E-state index contributed by atoms with van der Waals surface area (Å²) in [6, 6.07) is 7.84. The first-order chi connectivity index (χ1) is 12.6. The van der Waals surface area contributed by atoms with E-state index in [-0.39, 0.29) is 6.04 Å². The molecule has 26 heavy (non-hydrogen) atoms. The third-order valence-corrected chi connectivity index (χ3v) is 5.97. The van der Waals surface area contributed by atoms with Crippen molar-refractivity contribution >= 4 is 0 Å². The molecule has 2 aliphatic heterocycles. The van der Waals surface area contributed by atoms with E-state index in [1.807, 2.05) is 31.2 Å². The van der Waals surface area contributed by atoms with Crippen LogP contribution >= 0.6 is 0 Å². The average Bonchev–Trinajstić information content (AvgIpc) is 3.30. The molecule has 4 rings (SSSR count). The van der Waals surface area contributed by atoms with Gasteiger partial charge in [0.1, 0.15) is 23.0 Å². The number of aliphatic hydroxyl groups is 1. The van der Waals surface area contributed by atoms with Crippen molar-refractivity contribution in [1.82, 2.24) is 19.7 Å². The maximum Gasteiger partial charge on any atom is 0.147 e. The highest BCUT2D eigenvalue weighted by atomic mass is 16.5. The van der Waals surface area contributed by atoms with E-state index in [0.717, 1.165) is 61.9 Å². The summed E-state index contributed by atoms with van der Waals surface area (Å²) >= 11 is 0. The maximum atomic E-state index is 11.4. The molecule has 0 unspecified atom stereocenters. The lowest BCUT2D eigenvalue weighted by molar-refractivity contribution is -0.0264. The number of likely N-dealkylation sites (tertiary alicyclic amines) is 1. The Morgan fingerprint density at radius 1 is 1.15 bits per heavy atom. The van der Waals surface area contributed by atoms with Gasteiger partial charge in [0.2, 0.25) is 0 Å². The van der Waals surface area contributed by atoms with E-state index in [4.69, 9.17) is 4.74 Å². The first-order valence-electron chi connectivity index (χ1n) is 9.61. The third kappa shape index (κ3) is 3.12. The van der Waals surface area contributed by atoms with Crippen molar-refractivity contribution in [2.45, 2.75) is 63.8 Å². The first-order valence-corrected chi connectivity index (χ1v) is 9.61. The lowest BCUT2D eigenvalue weighted by Gasteiger charge is -2.37. The molecule has 0 saturated carbocycles. The lowest BCUT2D eigenvalue weighted by Crippen LogP contribution is -2.45. The molecule has 140 valence electrons. The summed E-state index contributed by atoms with van der Waals surface area (Å²) in [5, 5.41) is 20.2. The van der Waals surface area contributed by atoms with Gasteiger partial charge in [-0.25, -0.2) is 0 Å². The average molecular weight is 356 g/mol. The minimum atomic E-state index is -0.909. The minimum Gasteiger partial charge on any atom is -0.497 e. The van der Waals surface area contributed by atoms with Crippen molar-refractivity contribution in [3.63, 3.8) is 0 Å². The number of rotatable bonds is 5. The molecule has 6 nitrogen and oxygen atoms in total. The van der Waals surface area contributed by atoms with E-state index < -0.39 is 5.60 Å². The second kappa shape index (κ2) is 7.00. The highest BCUT2D eigenvalue weighted by Crippen LogP contribution is 2.36. The molecule has 2 atom stereocenters. The topological polar surface area (TPSA) is 63.4 Å². The Kier molecular flexibility index (Phi) is 4.71. The van der Waals surface area contributed by atoms with Crippen LogP contribution in [0.15, 0.2) is 24.3 Å². The number of nitrogens with zero attached hydrogens (tertiary/aromatic N) is 4. The molecule has 0 aliphatic carbocycles. The molecular formula is C20H28N4O2. The van der Waals surface area contributed by atoms with Gasteiger partial charge in [-0.2, -0.15) is 0 Å². The first kappa shape index (κ1) is 17.5. The predicted molar refractivity (Wildman–Crippen MR) is 99.0 cm³/mol. The van der Waals surface area contributed by atoms with Gasteiger partial charge in [-0.05, 0) is 56.8 Å². The molecular weight excluding hydrogens is 328 g/mol. The van der Waals surface area contributed by atoms with Gasteiger partial charge in [0, 0.05) is 19.0 Å². The third-order valence-electron chi connectivity index (χ3n) is 5.97. The summed E-state index contributed by atoms with van der Waals surface area (Å²) in [6.45, 7) is 4.69. The van der Waals surface area contributed by atoms with E-state index in [1.54, 1.807) is 7.11 Å². The zero-order valence-corrected chi connectivity index (χ0v) is 15.7. The van der Waals surface area contributed by atoms with Crippen molar-refractivity contribution in [2.75, 3.05) is 13.7 Å². The Bertz CT molecular complexity index is 754. The number of methoxy groups -OCH3 is 1. The Hall–Kier alpha value is -1.92. The van der Waals surface area contributed by atoms with Crippen molar-refractivity contribution in [2.24, 2.45) is 0 Å². The molecule has 3 heterocycles. The summed E-state index contributed by atoms with van der Waals surface area (Å²) in [6.07, 6.45) is 5.51. The van der Waals surface area contributed by atoms with Gasteiger partial charge in [0.25, 0.3) is 0 Å². The van der Waals surface area contributed by atoms with Crippen LogP contribution in [0.25, 0.3) is 0 Å². The van der Waals surface area contributed by atoms with Crippen LogP contribution in [0.4, 0.5) is 0 Å². The van der Waals surface area contributed by atoms with Gasteiger partial charge in [0.15, 0.2) is 0 Å². The standard InChI is InChI=1S/C20H28N4O2/c1-20(25,15-8-10-16(26-2)11-9-15)17-6-5-12-23(17)14-19-22-21-18-7-3-4-13-24(18)19/h8-11,17,25H,3-7,12-14H2,1-2H3/t17-,20-/m1/s1. The van der Waals surface area contributed by atoms with Crippen LogP contribution in [-0.4, -0.2) is 44.5 Å². The SMILES string of the molecule is COc1ccc([C@@](C)(O)[C@H]2CCCN2Cc2nnc3n2CCCC3)cc1. The Morgan fingerprint density at radius 2 is 1.96 bits per heavy atom. The summed E-state index contributed by atoms with van der Waals surface area (Å²) in [7, 11) is 1.66. The van der Waals surface area contributed by atoms with Crippen LogP contribution in [0, 0.1) is 0 Å². The number of aryl methyl sites for hydroxylation is 1. The van der Waals surface area contributed by atoms with Crippen LogP contribution in [0.2, 0.25) is 0 Å². The summed E-state index contributed by atoms with van der Waals surface area (Å²) < 4.78 is 7.52. The van der Waals surface area contributed by atoms with Gasteiger partial charge < -0.3 is 14.4 Å². The van der Waals surface area contributed by atoms with Gasteiger partial charge in [-0.3, -0.25) is 4.90 Å². The van der Waals surface area contributed by atoms with Crippen LogP contribution in [-0.2, 0) is 25.1 Å². The van der Waals surface area contributed by atoms with Crippen LogP contribution in [0.5, 0.6) is 5.75 Å². The molecule has 1 fully saturated rings. The van der Waals surface area contributed by atoms with Gasteiger partial charge in [-0.1, -0.05) is 12.1 Å². The quantitative estimate of drug-likeness (QED) is 0.892. The van der Waals surface area contributed by atoms with Crippen LogP contribution < -0.4 is 4.74 Å². The Morgan fingerprint density at radius 3 is 2.73 bits per heavy atom. The van der Waals surface area contributed by atoms with Gasteiger partial charge in [0.05, 0.1) is 13.7 Å². The number of aromatic nitrogens is 3. The van der Waals surface area contributed by atoms with Crippen molar-refractivity contribution in [3.05, 3.63) is 41.5 Å². The van der Waals surface area contributed by atoms with Crippen molar-refractivity contribution in [1.29, 1.82) is 0 Å². The van der Waals surface area contributed by atoms with E-state index >= 15 is 0 Å². The van der Waals surface area contributed by atoms with Crippen molar-refractivity contribution < 1.29 is 9.84 Å². The zero-order valence-electron chi connectivity index (χ0n) is 15.7. The highest BCUT2D eigenvalue weighted by molar-refractivity contribution is 5.31. The number of hydrogen-bond acceptors (Lipinski definition) is 5. The Balaban J connectivity index is 1.54. The number of benzene rings is 1. The van der Waals surface area contributed by atoms with Crippen LogP contribution in [0.3, 0.4) is 0 Å². The molecule has 1 saturated heterocycles. The largest absolute Gasteiger partial charge is 0.497 e. The number of fused-ring (bicyclic) bond motifs is 1. The fraction of sp³-hybridized carbons (Fsp3) is 0.600. The lowest BCUT2D eigenvalue weighted by atomic mass is 9.86. The van der Waals surface area contributed by atoms with E-state index in [9.17, 15) is 5.11 Å². The van der Waals surface area contributed by atoms with Gasteiger partial charge >= 0.3 is 0 Å². The van der Waals surface area contributed by atoms with E-state index in [2.05, 4.69) is 19.7 Å². The van der Waals surface area contributed by atoms with Crippen LogP contribution in [0.1, 0.15) is 49.8 Å². The number of ether oxygens (including phenoxy) is 1. The molecule has 2 aliphatic rings. The minimum absolute atomic E-state index is 0.0763. The fourth-order valence-electron chi connectivity index (χ4n) is 4.44. The molecule has 6 heteroatoms. The molecule has 2 aromatic rings. The smallest absolute Gasteiger partial charge is 0.147 e. The molecule has 0 bridgehead atoms. The highest BCUT2D eigenvalue weighted by Gasteiger charge is 2.41. The van der Waals surface area contributed by atoms with E-state index in [1.165, 1.54) is 12.8 Å². The molecule has 0 radical (unpaired) electrons. The zero-order chi connectivity index (χ0) is 18.1. The monoisotopic (exact) mass is 356 g/mol. The molecule has 0 amide bonds. The second-order valence-electron chi connectivity index (χ2n) is 7.65. The molecule has 1 aromatic carbocycles. The predicted octanol–water partition coefficient (Wildman–Crippen LogP) is 2.50. The maximum absolute atomic E-state index is 11.4. The summed E-state index contributed by atoms with van der Waals surface area (Å²) in [4.78, 5) is 2.37.